The van der Waals surface area contributed by atoms with Gasteiger partial charge in [-0.2, -0.15) is 0 Å². The second-order valence-electron chi connectivity index (χ2n) is 20.1. The van der Waals surface area contributed by atoms with Gasteiger partial charge in [-0.15, -0.1) is 0 Å². The monoisotopic (exact) mass is 915 g/mol. The first-order valence-corrected chi connectivity index (χ1v) is 29.3. The Hall–Kier alpha value is -2.62. The van der Waals surface area contributed by atoms with E-state index in [1.54, 1.807) is 0 Å². The SMILES string of the molecule is CCCCCCCCCCCCOc1ccc2c(OCCCCCCCCCCCC)c3ccccc3c(OCCCCCCCCCCCC)c2c1OCCCCCCCCCCCC. The van der Waals surface area contributed by atoms with E-state index in [9.17, 15) is 0 Å². The molecule has 378 valence electrons. The van der Waals surface area contributed by atoms with Crippen LogP contribution >= 0.6 is 0 Å². The fourth-order valence-electron chi connectivity index (χ4n) is 9.76. The van der Waals surface area contributed by atoms with E-state index in [0.717, 1.165) is 76.8 Å². The maximum atomic E-state index is 6.99. The molecule has 0 amide bonds. The molecule has 0 saturated heterocycles. The Bertz CT molecular complexity index is 1550. The van der Waals surface area contributed by atoms with Gasteiger partial charge in [-0.1, -0.05) is 283 Å². The second kappa shape index (κ2) is 41.4. The molecule has 0 aliphatic heterocycles. The zero-order valence-corrected chi connectivity index (χ0v) is 44.2. The van der Waals surface area contributed by atoms with Crippen LogP contribution in [-0.2, 0) is 0 Å². The minimum absolute atomic E-state index is 0.684. The summed E-state index contributed by atoms with van der Waals surface area (Å²) in [6.45, 7) is 12.0. The lowest BCUT2D eigenvalue weighted by Crippen LogP contribution is -2.06. The van der Waals surface area contributed by atoms with Crippen molar-refractivity contribution in [2.45, 2.75) is 285 Å². The molecule has 3 aromatic carbocycles. The topological polar surface area (TPSA) is 36.9 Å². The molecule has 0 radical (unpaired) electrons. The van der Waals surface area contributed by atoms with Crippen LogP contribution in [0.4, 0.5) is 0 Å². The van der Waals surface area contributed by atoms with Crippen LogP contribution in [0.3, 0.4) is 0 Å². The third-order valence-corrected chi connectivity index (χ3v) is 14.0. The summed E-state index contributed by atoms with van der Waals surface area (Å²) in [6, 6.07) is 13.2. The molecule has 0 spiro atoms. The van der Waals surface area contributed by atoms with E-state index in [2.05, 4.69) is 64.1 Å². The number of hydrogen-bond acceptors (Lipinski definition) is 4. The Labute approximate surface area is 409 Å². The number of fused-ring (bicyclic) bond motifs is 2. The molecule has 0 aromatic heterocycles. The van der Waals surface area contributed by atoms with Crippen molar-refractivity contribution in [3.8, 4) is 23.0 Å². The van der Waals surface area contributed by atoms with Crippen LogP contribution in [-0.4, -0.2) is 26.4 Å². The molecule has 3 rings (SSSR count). The van der Waals surface area contributed by atoms with Gasteiger partial charge in [-0.25, -0.2) is 0 Å². The van der Waals surface area contributed by atoms with E-state index < -0.39 is 0 Å². The molecule has 0 unspecified atom stereocenters. The van der Waals surface area contributed by atoms with Crippen LogP contribution in [0.15, 0.2) is 36.4 Å². The highest BCUT2D eigenvalue weighted by Gasteiger charge is 2.23. The predicted molar refractivity (Wildman–Crippen MR) is 291 cm³/mol. The van der Waals surface area contributed by atoms with Crippen molar-refractivity contribution in [2.24, 2.45) is 0 Å². The number of unbranched alkanes of at least 4 members (excludes halogenated alkanes) is 36. The van der Waals surface area contributed by atoms with Crippen LogP contribution in [0.1, 0.15) is 285 Å². The second-order valence-corrected chi connectivity index (χ2v) is 20.1. The van der Waals surface area contributed by atoms with Crippen LogP contribution in [0, 0.1) is 0 Å². The molecule has 0 atom stereocenters. The Kier molecular flexibility index (Phi) is 36.2. The average molecular weight is 916 g/mol. The maximum absolute atomic E-state index is 6.99. The van der Waals surface area contributed by atoms with Gasteiger partial charge < -0.3 is 18.9 Å². The standard InChI is InChI=1S/C62H106O4/c1-5-9-13-17-21-25-29-33-37-43-51-63-58-50-49-57-59(62(58)66-54-46-40-36-32-28-24-20-16-12-8-4)61(65-53-45-39-35-31-27-23-19-15-11-7-3)56-48-42-41-47-55(56)60(57)64-52-44-38-34-30-26-22-18-14-10-6-2/h41-42,47-50H,5-40,43-46,51-54H2,1-4H3. The minimum Gasteiger partial charge on any atom is -0.492 e. The summed E-state index contributed by atoms with van der Waals surface area (Å²) in [5, 5.41) is 4.37. The molecule has 0 aliphatic rings. The van der Waals surface area contributed by atoms with Crippen molar-refractivity contribution < 1.29 is 18.9 Å². The zero-order valence-electron chi connectivity index (χ0n) is 44.2. The Morgan fingerprint density at radius 3 is 0.864 bits per heavy atom. The van der Waals surface area contributed by atoms with E-state index in [-0.39, 0.29) is 0 Å². The highest BCUT2D eigenvalue weighted by Crippen LogP contribution is 2.50. The number of hydrogen-bond donors (Lipinski definition) is 0. The number of ether oxygens (including phenoxy) is 4. The Morgan fingerprint density at radius 1 is 0.242 bits per heavy atom. The average Bonchev–Trinajstić information content (AvgIpc) is 3.33. The summed E-state index contributed by atoms with van der Waals surface area (Å²) in [6.07, 6.45) is 52.5. The molecule has 4 nitrogen and oxygen atoms in total. The summed E-state index contributed by atoms with van der Waals surface area (Å²) >= 11 is 0. The normalized spacial score (nSPS) is 11.6. The van der Waals surface area contributed by atoms with E-state index >= 15 is 0 Å². The summed E-state index contributed by atoms with van der Waals surface area (Å²) in [5.74, 6) is 3.60. The van der Waals surface area contributed by atoms with E-state index in [0.29, 0.717) is 19.8 Å². The molecule has 0 fully saturated rings. The Balaban J connectivity index is 1.79. The quantitative estimate of drug-likeness (QED) is 0.0418. The lowest BCUT2D eigenvalue weighted by Gasteiger charge is -2.22. The van der Waals surface area contributed by atoms with Gasteiger partial charge in [0, 0.05) is 16.2 Å². The van der Waals surface area contributed by atoms with E-state index in [4.69, 9.17) is 18.9 Å². The van der Waals surface area contributed by atoms with Crippen molar-refractivity contribution in [3.05, 3.63) is 36.4 Å². The van der Waals surface area contributed by atoms with Crippen molar-refractivity contribution >= 4 is 21.5 Å². The molecule has 0 heterocycles. The molecule has 66 heavy (non-hydrogen) atoms. The molecule has 0 N–H and O–H groups in total. The first-order valence-electron chi connectivity index (χ1n) is 29.3. The molecular formula is C62H106O4. The van der Waals surface area contributed by atoms with Gasteiger partial charge in [0.1, 0.15) is 11.5 Å². The first kappa shape index (κ1) is 57.7. The molecule has 4 heteroatoms. The van der Waals surface area contributed by atoms with Gasteiger partial charge >= 0.3 is 0 Å². The van der Waals surface area contributed by atoms with Crippen molar-refractivity contribution in [2.75, 3.05) is 26.4 Å². The first-order chi connectivity index (χ1) is 32.8. The maximum Gasteiger partial charge on any atom is 0.172 e. The van der Waals surface area contributed by atoms with Gasteiger partial charge in [0.15, 0.2) is 11.5 Å². The van der Waals surface area contributed by atoms with Crippen LogP contribution in [0.25, 0.3) is 21.5 Å². The largest absolute Gasteiger partial charge is 0.492 e. The molecular weight excluding hydrogens is 809 g/mol. The predicted octanol–water partition coefficient (Wildman–Crippen LogP) is 21.2. The number of benzene rings is 3. The van der Waals surface area contributed by atoms with Gasteiger partial charge in [0.2, 0.25) is 0 Å². The number of rotatable bonds is 48. The van der Waals surface area contributed by atoms with Crippen molar-refractivity contribution in [1.82, 2.24) is 0 Å². The third kappa shape index (κ3) is 25.7. The molecule has 3 aromatic rings. The van der Waals surface area contributed by atoms with Gasteiger partial charge in [-0.3, -0.25) is 0 Å². The van der Waals surface area contributed by atoms with Gasteiger partial charge in [0.05, 0.1) is 31.8 Å². The van der Waals surface area contributed by atoms with E-state index in [1.165, 1.54) is 231 Å². The smallest absolute Gasteiger partial charge is 0.172 e. The summed E-state index contributed by atoms with van der Waals surface area (Å²) in [5.41, 5.74) is 0. The zero-order chi connectivity index (χ0) is 46.8. The van der Waals surface area contributed by atoms with Crippen LogP contribution < -0.4 is 18.9 Å². The molecule has 0 saturated carbocycles. The molecule has 0 aliphatic carbocycles. The fourth-order valence-corrected chi connectivity index (χ4v) is 9.76. The van der Waals surface area contributed by atoms with Crippen molar-refractivity contribution in [1.29, 1.82) is 0 Å². The van der Waals surface area contributed by atoms with E-state index in [1.807, 2.05) is 0 Å². The lowest BCUT2D eigenvalue weighted by molar-refractivity contribution is 0.259. The van der Waals surface area contributed by atoms with Gasteiger partial charge in [-0.05, 0) is 37.8 Å². The fraction of sp³-hybridized carbons (Fsp3) is 0.774. The highest BCUT2D eigenvalue weighted by molar-refractivity contribution is 6.13. The lowest BCUT2D eigenvalue weighted by atomic mass is 9.99. The van der Waals surface area contributed by atoms with Crippen molar-refractivity contribution in [3.63, 3.8) is 0 Å². The minimum atomic E-state index is 0.684. The van der Waals surface area contributed by atoms with Gasteiger partial charge in [0.25, 0.3) is 0 Å². The Morgan fingerprint density at radius 2 is 0.515 bits per heavy atom. The van der Waals surface area contributed by atoms with Crippen LogP contribution in [0.2, 0.25) is 0 Å². The summed E-state index contributed by atoms with van der Waals surface area (Å²) < 4.78 is 27.6. The van der Waals surface area contributed by atoms with Crippen LogP contribution in [0.5, 0.6) is 23.0 Å². The summed E-state index contributed by atoms with van der Waals surface area (Å²) in [4.78, 5) is 0. The molecule has 0 bridgehead atoms. The third-order valence-electron chi connectivity index (χ3n) is 14.0. The summed E-state index contributed by atoms with van der Waals surface area (Å²) in [7, 11) is 0. The highest BCUT2D eigenvalue weighted by atomic mass is 16.5.